The molecule has 0 aliphatic heterocycles. The van der Waals surface area contributed by atoms with Gasteiger partial charge in [-0.1, -0.05) is 63.2 Å². The highest BCUT2D eigenvalue weighted by Gasteiger charge is 2.26. The number of carbonyl (C=O) groups is 2. The van der Waals surface area contributed by atoms with Crippen LogP contribution in [-0.4, -0.2) is 18.3 Å². The summed E-state index contributed by atoms with van der Waals surface area (Å²) in [6.45, 7) is 6.95. The zero-order valence-electron chi connectivity index (χ0n) is 18.8. The summed E-state index contributed by atoms with van der Waals surface area (Å²) in [4.78, 5) is 23.8. The molecule has 2 atom stereocenters. The normalized spacial score (nSPS) is 17.6. The van der Waals surface area contributed by atoms with Gasteiger partial charge in [-0.2, -0.15) is 0 Å². The van der Waals surface area contributed by atoms with Crippen LogP contribution in [-0.2, 0) is 16.0 Å². The summed E-state index contributed by atoms with van der Waals surface area (Å²) in [5, 5.41) is -0.380. The van der Waals surface area contributed by atoms with Crippen LogP contribution in [0.4, 0.5) is 0 Å². The molecule has 0 aromatic heterocycles. The number of ether oxygens (including phenoxy) is 1. The number of hydrogen-bond acceptors (Lipinski definition) is 3. The van der Waals surface area contributed by atoms with Crippen LogP contribution in [0.3, 0.4) is 0 Å². The lowest BCUT2D eigenvalue weighted by atomic mass is 9.72. The third kappa shape index (κ3) is 5.86. The van der Waals surface area contributed by atoms with Crippen LogP contribution < -0.4 is 0 Å². The van der Waals surface area contributed by atoms with E-state index in [1.807, 2.05) is 24.3 Å². The molecule has 2 aromatic rings. The average molecular weight is 439 g/mol. The van der Waals surface area contributed by atoms with Crippen LogP contribution in [0.15, 0.2) is 54.6 Å². The molecule has 1 aliphatic rings. The van der Waals surface area contributed by atoms with Crippen LogP contribution in [0, 0.1) is 11.3 Å². The molecule has 164 valence electrons. The molecule has 2 aromatic carbocycles. The number of methoxy groups -OCH3 is 1. The van der Waals surface area contributed by atoms with E-state index >= 15 is 0 Å². The van der Waals surface area contributed by atoms with Gasteiger partial charge in [-0.25, -0.2) is 4.79 Å². The fourth-order valence-corrected chi connectivity index (χ4v) is 4.48. The van der Waals surface area contributed by atoms with E-state index in [4.69, 9.17) is 16.3 Å². The average Bonchev–Trinajstić information content (AvgIpc) is 2.77. The van der Waals surface area contributed by atoms with Crippen molar-refractivity contribution in [1.82, 2.24) is 0 Å². The van der Waals surface area contributed by atoms with Crippen LogP contribution >= 0.6 is 11.6 Å². The van der Waals surface area contributed by atoms with Crippen molar-refractivity contribution in [3.63, 3.8) is 0 Å². The van der Waals surface area contributed by atoms with Crippen molar-refractivity contribution < 1.29 is 14.3 Å². The van der Waals surface area contributed by atoms with E-state index in [9.17, 15) is 9.59 Å². The van der Waals surface area contributed by atoms with Crippen molar-refractivity contribution >= 4 is 28.4 Å². The zero-order valence-corrected chi connectivity index (χ0v) is 19.5. The summed E-state index contributed by atoms with van der Waals surface area (Å²) in [5.74, 6) is -0.0809. The van der Waals surface area contributed by atoms with E-state index in [1.165, 1.54) is 24.7 Å². The molecule has 2 unspecified atom stereocenters. The highest BCUT2D eigenvalue weighted by molar-refractivity contribution is 6.64. The van der Waals surface area contributed by atoms with E-state index in [0.717, 1.165) is 29.9 Å². The Morgan fingerprint density at radius 2 is 1.71 bits per heavy atom. The Hall–Kier alpha value is -2.39. The highest BCUT2D eigenvalue weighted by atomic mass is 35.5. The van der Waals surface area contributed by atoms with E-state index in [-0.39, 0.29) is 11.2 Å². The summed E-state index contributed by atoms with van der Waals surface area (Å²) in [6, 6.07) is 15.3. The van der Waals surface area contributed by atoms with Crippen molar-refractivity contribution in [1.29, 1.82) is 0 Å². The predicted octanol–water partition coefficient (Wildman–Crippen LogP) is 6.79. The maximum Gasteiger partial charge on any atom is 0.337 e. The maximum atomic E-state index is 12.2. The number of esters is 1. The van der Waals surface area contributed by atoms with Crippen molar-refractivity contribution in [2.75, 3.05) is 7.11 Å². The standard InChI is InChI=1S/C27H31ClO3/c1-27(2,3)23-15-13-20(14-16-23)19-9-11-21(12-10-19)24(25(28)29)17-18-5-7-22(8-6-18)26(30)31-4/h5-13,23-24H,14-17H2,1-4H3. The van der Waals surface area contributed by atoms with Gasteiger partial charge in [0.1, 0.15) is 0 Å². The van der Waals surface area contributed by atoms with Gasteiger partial charge in [0.25, 0.3) is 0 Å². The van der Waals surface area contributed by atoms with Gasteiger partial charge in [0.2, 0.25) is 5.24 Å². The number of halogens is 1. The smallest absolute Gasteiger partial charge is 0.337 e. The van der Waals surface area contributed by atoms with Crippen molar-refractivity contribution in [3.05, 3.63) is 76.9 Å². The number of allylic oxidation sites excluding steroid dienone is 2. The van der Waals surface area contributed by atoms with Crippen LogP contribution in [0.25, 0.3) is 5.57 Å². The van der Waals surface area contributed by atoms with Crippen LogP contribution in [0.1, 0.15) is 73.0 Å². The number of hydrogen-bond donors (Lipinski definition) is 0. The Kier molecular flexibility index (Phi) is 7.38. The van der Waals surface area contributed by atoms with Crippen LogP contribution in [0.2, 0.25) is 0 Å². The first kappa shape index (κ1) is 23.3. The van der Waals surface area contributed by atoms with E-state index in [0.29, 0.717) is 17.4 Å². The molecule has 0 amide bonds. The van der Waals surface area contributed by atoms with E-state index in [2.05, 4.69) is 39.0 Å². The van der Waals surface area contributed by atoms with Crippen molar-refractivity contribution in [3.8, 4) is 0 Å². The molecule has 0 saturated carbocycles. The van der Waals surface area contributed by atoms with Gasteiger partial charge in [0, 0.05) is 0 Å². The second kappa shape index (κ2) is 9.82. The molecule has 4 heteroatoms. The minimum Gasteiger partial charge on any atom is -0.465 e. The molecule has 0 radical (unpaired) electrons. The largest absolute Gasteiger partial charge is 0.465 e. The van der Waals surface area contributed by atoms with Gasteiger partial charge < -0.3 is 4.74 Å². The van der Waals surface area contributed by atoms with Gasteiger partial charge in [0.05, 0.1) is 18.6 Å². The lowest BCUT2D eigenvalue weighted by Crippen LogP contribution is -2.21. The quantitative estimate of drug-likeness (QED) is 0.368. The second-order valence-corrected chi connectivity index (χ2v) is 9.81. The molecular formula is C27H31ClO3. The molecule has 0 spiro atoms. The first-order valence-electron chi connectivity index (χ1n) is 10.8. The first-order valence-corrected chi connectivity index (χ1v) is 11.2. The number of rotatable bonds is 6. The minimum absolute atomic E-state index is 0.342. The topological polar surface area (TPSA) is 43.4 Å². The fourth-order valence-electron chi connectivity index (χ4n) is 4.27. The molecule has 0 N–H and O–H groups in total. The molecule has 0 saturated heterocycles. The SMILES string of the molecule is COC(=O)c1ccc(CC(C(=O)Cl)c2ccc(C3=CCC(C(C)(C)C)CC3)cc2)cc1. The predicted molar refractivity (Wildman–Crippen MR) is 126 cm³/mol. The monoisotopic (exact) mass is 438 g/mol. The molecular weight excluding hydrogens is 408 g/mol. The lowest BCUT2D eigenvalue weighted by Gasteiger charge is -2.33. The Labute approximate surface area is 190 Å². The summed E-state index contributed by atoms with van der Waals surface area (Å²) < 4.78 is 4.73. The summed E-state index contributed by atoms with van der Waals surface area (Å²) in [7, 11) is 1.36. The molecule has 3 nitrogen and oxygen atoms in total. The van der Waals surface area contributed by atoms with Gasteiger partial charge in [-0.3, -0.25) is 4.79 Å². The maximum absolute atomic E-state index is 12.2. The van der Waals surface area contributed by atoms with Gasteiger partial charge in [-0.05, 0) is 83.0 Å². The summed E-state index contributed by atoms with van der Waals surface area (Å²) in [5.41, 5.74) is 5.29. The summed E-state index contributed by atoms with van der Waals surface area (Å²) in [6.07, 6.45) is 6.28. The number of carbonyl (C=O) groups excluding carboxylic acids is 2. The highest BCUT2D eigenvalue weighted by Crippen LogP contribution is 2.39. The molecule has 1 aliphatic carbocycles. The Bertz CT molecular complexity index is 949. The van der Waals surface area contributed by atoms with Gasteiger partial charge in [0.15, 0.2) is 0 Å². The zero-order chi connectivity index (χ0) is 22.6. The Balaban J connectivity index is 1.72. The summed E-state index contributed by atoms with van der Waals surface area (Å²) >= 11 is 5.96. The van der Waals surface area contributed by atoms with Gasteiger partial charge >= 0.3 is 5.97 Å². The third-order valence-corrected chi connectivity index (χ3v) is 6.67. The lowest BCUT2D eigenvalue weighted by molar-refractivity contribution is -0.113. The Morgan fingerprint density at radius 1 is 1.06 bits per heavy atom. The Morgan fingerprint density at radius 3 is 2.19 bits per heavy atom. The number of benzene rings is 2. The molecule has 0 bridgehead atoms. The second-order valence-electron chi connectivity index (χ2n) is 9.44. The molecule has 0 fully saturated rings. The molecule has 0 heterocycles. The van der Waals surface area contributed by atoms with Crippen molar-refractivity contribution in [2.24, 2.45) is 11.3 Å². The third-order valence-electron chi connectivity index (χ3n) is 6.41. The fraction of sp³-hybridized carbons (Fsp3) is 0.407. The molecule has 3 rings (SSSR count). The van der Waals surface area contributed by atoms with Crippen molar-refractivity contribution in [2.45, 2.75) is 52.4 Å². The minimum atomic E-state index is -0.426. The van der Waals surface area contributed by atoms with Crippen LogP contribution in [0.5, 0.6) is 0 Å². The molecule has 31 heavy (non-hydrogen) atoms. The van der Waals surface area contributed by atoms with E-state index in [1.54, 1.807) is 12.1 Å². The first-order chi connectivity index (χ1) is 14.7. The van der Waals surface area contributed by atoms with Gasteiger partial charge in [-0.15, -0.1) is 0 Å². The van der Waals surface area contributed by atoms with E-state index < -0.39 is 5.92 Å².